The van der Waals surface area contributed by atoms with E-state index in [1.165, 1.54) is 36.2 Å². The topological polar surface area (TPSA) is 167 Å². The second kappa shape index (κ2) is 18.2. The van der Waals surface area contributed by atoms with E-state index in [4.69, 9.17) is 36.0 Å². The number of hydrogen-bond acceptors (Lipinski definition) is 8. The molecule has 2 bridgehead atoms. The number of amides is 2. The highest BCUT2D eigenvalue weighted by atomic mass is 35.5. The van der Waals surface area contributed by atoms with E-state index in [9.17, 15) is 31.9 Å². The first-order valence-corrected chi connectivity index (χ1v) is 21.6. The molecule has 2 aromatic heterocycles. The highest BCUT2D eigenvalue weighted by Gasteiger charge is 2.38. The molecule has 56 heavy (non-hydrogen) atoms. The maximum Gasteiger partial charge on any atom is 0.490 e. The molecule has 2 amide bonds. The third-order valence-corrected chi connectivity index (χ3v) is 10.9. The molecule has 0 fully saturated rings. The summed E-state index contributed by atoms with van der Waals surface area (Å²) in [5.41, 5.74) is 2.79. The van der Waals surface area contributed by atoms with Gasteiger partial charge < -0.3 is 24.5 Å². The van der Waals surface area contributed by atoms with Crippen LogP contribution in [0.15, 0.2) is 53.6 Å². The minimum Gasteiger partial charge on any atom is -0.475 e. The quantitative estimate of drug-likeness (QED) is 0.0900. The first-order valence-electron chi connectivity index (χ1n) is 17.5. The maximum atomic E-state index is 14.9. The molecule has 0 saturated heterocycles. The fourth-order valence-electron chi connectivity index (χ4n) is 5.75. The van der Waals surface area contributed by atoms with Crippen LogP contribution >= 0.6 is 11.6 Å². The van der Waals surface area contributed by atoms with Crippen LogP contribution in [0, 0.1) is 18.7 Å². The van der Waals surface area contributed by atoms with Crippen molar-refractivity contribution in [2.45, 2.75) is 77.7 Å². The zero-order valence-corrected chi connectivity index (χ0v) is 33.3. The van der Waals surface area contributed by atoms with E-state index < -0.39 is 38.2 Å². The van der Waals surface area contributed by atoms with Crippen molar-refractivity contribution in [3.63, 3.8) is 0 Å². The summed E-state index contributed by atoms with van der Waals surface area (Å²) in [5, 5.41) is 12.8. The smallest absolute Gasteiger partial charge is 0.475 e. The molecule has 0 aliphatic carbocycles. The lowest BCUT2D eigenvalue weighted by atomic mass is 9.99. The van der Waals surface area contributed by atoms with E-state index in [2.05, 4.69) is 35.3 Å². The average Bonchev–Trinajstić information content (AvgIpc) is 3.43. The predicted molar refractivity (Wildman–Crippen MR) is 205 cm³/mol. The lowest BCUT2D eigenvalue weighted by molar-refractivity contribution is -0.192. The molecule has 4 aromatic rings. The Morgan fingerprint density at radius 2 is 1.80 bits per heavy atom. The van der Waals surface area contributed by atoms with Crippen LogP contribution in [0.3, 0.4) is 0 Å². The van der Waals surface area contributed by atoms with Gasteiger partial charge in [-0.3, -0.25) is 19.5 Å². The van der Waals surface area contributed by atoms with Gasteiger partial charge in [0.05, 0.1) is 41.6 Å². The first kappa shape index (κ1) is 43.7. The highest BCUT2D eigenvalue weighted by Crippen LogP contribution is 2.37. The number of fused-ring (bicyclic) bond motifs is 4. The van der Waals surface area contributed by atoms with Gasteiger partial charge in [0.25, 0.3) is 5.56 Å². The van der Waals surface area contributed by atoms with Crippen LogP contribution in [0.5, 0.6) is 0 Å². The number of aliphatic carboxylic acids is 1. The van der Waals surface area contributed by atoms with Crippen LogP contribution in [0.1, 0.15) is 43.7 Å². The van der Waals surface area contributed by atoms with Gasteiger partial charge >= 0.3 is 18.2 Å². The number of nitrogens with zero attached hydrogens (tertiary/aromatic N) is 4. The van der Waals surface area contributed by atoms with E-state index in [-0.39, 0.29) is 40.4 Å². The average molecular weight is 823 g/mol. The van der Waals surface area contributed by atoms with Crippen LogP contribution in [0.2, 0.25) is 30.7 Å². The summed E-state index contributed by atoms with van der Waals surface area (Å²) in [5.74, 6) is -3.36. The van der Waals surface area contributed by atoms with Crippen molar-refractivity contribution in [2.75, 3.05) is 24.4 Å². The molecule has 5 rings (SSSR count). The molecule has 0 saturated carbocycles. The van der Waals surface area contributed by atoms with Gasteiger partial charge in [-0.25, -0.2) is 23.9 Å². The Morgan fingerprint density at radius 3 is 2.43 bits per heavy atom. The summed E-state index contributed by atoms with van der Waals surface area (Å²) in [6.07, 6.45) is -2.71. The SMILES string of the molecule is COC(=O)Nc1ccc2c(c1)NC(=O)[C@H](C)CCC[C@H](n1cnc(-c3cccc(Cl)c3F)cc1=O)c1nc-2c(C)n1COCC[Si](C)(C)C.O=C(O)C(F)(F)F. The number of anilines is 2. The molecule has 302 valence electrons. The molecule has 3 N–H and O–H groups in total. The van der Waals surface area contributed by atoms with Crippen molar-refractivity contribution >= 4 is 49.0 Å². The van der Waals surface area contributed by atoms with Crippen molar-refractivity contribution in [2.24, 2.45) is 5.92 Å². The van der Waals surface area contributed by atoms with Gasteiger partial charge in [0, 0.05) is 49.2 Å². The summed E-state index contributed by atoms with van der Waals surface area (Å²) in [6.45, 7) is 11.4. The van der Waals surface area contributed by atoms with Crippen molar-refractivity contribution in [1.29, 1.82) is 0 Å². The Labute approximate surface area is 326 Å². The number of hydrogen-bond donors (Lipinski definition) is 3. The van der Waals surface area contributed by atoms with Crippen molar-refractivity contribution < 1.29 is 46.5 Å². The van der Waals surface area contributed by atoms with Gasteiger partial charge in [0.2, 0.25) is 5.91 Å². The van der Waals surface area contributed by atoms with Crippen LogP contribution in [-0.2, 0) is 25.8 Å². The summed E-state index contributed by atoms with van der Waals surface area (Å²) in [4.78, 5) is 57.7. The Balaban J connectivity index is 0.000000908. The molecule has 0 unspecified atom stereocenters. The normalized spacial score (nSPS) is 15.9. The van der Waals surface area contributed by atoms with Gasteiger partial charge in [0.1, 0.15) is 12.6 Å². The van der Waals surface area contributed by atoms with Gasteiger partial charge in [0.15, 0.2) is 5.82 Å². The number of carboxylic acid groups (broad SMARTS) is 1. The number of rotatable bonds is 8. The van der Waals surface area contributed by atoms with Gasteiger partial charge in [-0.1, -0.05) is 50.7 Å². The van der Waals surface area contributed by atoms with Gasteiger partial charge in [-0.15, -0.1) is 0 Å². The number of alkyl halides is 3. The minimum absolute atomic E-state index is 0.0615. The molecule has 1 aliphatic heterocycles. The number of aromatic nitrogens is 4. The number of methoxy groups -OCH3 is 1. The lowest BCUT2D eigenvalue weighted by Gasteiger charge is -2.23. The molecule has 1 aliphatic rings. The Bertz CT molecular complexity index is 2140. The van der Waals surface area contributed by atoms with Crippen LogP contribution in [0.4, 0.5) is 33.7 Å². The number of carbonyl (C=O) groups is 3. The predicted octanol–water partition coefficient (Wildman–Crippen LogP) is 8.35. The molecule has 2 atom stereocenters. The molecule has 2 aromatic carbocycles. The number of halogens is 5. The highest BCUT2D eigenvalue weighted by molar-refractivity contribution is 6.76. The standard InChI is InChI=1S/C35H42ClFN6O5Si.C2HF3O2/c1-21-9-7-12-29(42-19-38-27(18-30(42)44)24-10-8-11-26(36)31(24)37)33-41-32(22(2)43(33)20-48-15-16-49(4,5)6)25-14-13-23(39-35(46)47-3)17-28(25)40-34(21)45;3-2(4,5)1(6)7/h8,10-11,13-14,17-19,21,29H,7,9,12,15-16,20H2,1-6H3,(H,39,46)(H,40,45);(H,6,7)/t21-,29+;/m1./s1. The van der Waals surface area contributed by atoms with E-state index in [0.29, 0.717) is 54.3 Å². The van der Waals surface area contributed by atoms with Crippen LogP contribution in [-0.4, -0.2) is 70.1 Å². The van der Waals surface area contributed by atoms with Crippen LogP contribution in [0.25, 0.3) is 22.5 Å². The summed E-state index contributed by atoms with van der Waals surface area (Å²) in [6, 6.07) is 11.4. The van der Waals surface area contributed by atoms with Crippen LogP contribution < -0.4 is 16.2 Å². The monoisotopic (exact) mass is 822 g/mol. The Morgan fingerprint density at radius 1 is 1.11 bits per heavy atom. The van der Waals surface area contributed by atoms with E-state index in [1.54, 1.807) is 24.3 Å². The number of imidazole rings is 1. The maximum absolute atomic E-state index is 14.9. The second-order valence-electron chi connectivity index (χ2n) is 14.3. The minimum atomic E-state index is -5.08. The fourth-order valence-corrected chi connectivity index (χ4v) is 6.68. The zero-order valence-electron chi connectivity index (χ0n) is 31.6. The Hall–Kier alpha value is -5.07. The fraction of sp³-hybridized carbons (Fsp3) is 0.405. The van der Waals surface area contributed by atoms with Crippen molar-refractivity contribution in [1.82, 2.24) is 19.1 Å². The van der Waals surface area contributed by atoms with Crippen molar-refractivity contribution in [3.05, 3.63) is 81.5 Å². The summed E-state index contributed by atoms with van der Waals surface area (Å²) >= 11 is 6.01. The lowest BCUT2D eigenvalue weighted by Crippen LogP contribution is -2.29. The first-order chi connectivity index (χ1) is 26.2. The number of ether oxygens (including phenoxy) is 2. The number of carbonyl (C=O) groups excluding carboxylic acids is 2. The van der Waals surface area contributed by atoms with Gasteiger partial charge in [-0.2, -0.15) is 13.2 Å². The third-order valence-electron chi connectivity index (χ3n) is 8.93. The third kappa shape index (κ3) is 11.0. The molecular formula is C37H43ClF4N6O7Si. The molecule has 13 nitrogen and oxygen atoms in total. The van der Waals surface area contributed by atoms with E-state index in [1.807, 2.05) is 18.4 Å². The second-order valence-corrected chi connectivity index (χ2v) is 20.3. The Kier molecular flexibility index (Phi) is 14.2. The van der Waals surface area contributed by atoms with Gasteiger partial charge in [-0.05, 0) is 56.1 Å². The number of benzene rings is 2. The molecule has 19 heteroatoms. The molecule has 0 radical (unpaired) electrons. The van der Waals surface area contributed by atoms with E-state index >= 15 is 0 Å². The number of nitrogens with one attached hydrogen (secondary N) is 2. The molecular weight excluding hydrogens is 780 g/mol. The van der Waals surface area contributed by atoms with Crippen molar-refractivity contribution in [3.8, 4) is 22.5 Å². The van der Waals surface area contributed by atoms with E-state index in [0.717, 1.165) is 11.7 Å². The summed E-state index contributed by atoms with van der Waals surface area (Å²) in [7, 11) is -0.0929. The zero-order chi connectivity index (χ0) is 41.5. The summed E-state index contributed by atoms with van der Waals surface area (Å²) < 4.78 is 61.1. The molecule has 3 heterocycles. The largest absolute Gasteiger partial charge is 0.490 e. The molecule has 0 spiro atoms. The number of carboxylic acids is 1.